The fourth-order valence-electron chi connectivity index (χ4n) is 5.44. The Morgan fingerprint density at radius 1 is 1.03 bits per heavy atom. The van der Waals surface area contributed by atoms with Gasteiger partial charge >= 0.3 is 0 Å². The molecule has 4 heteroatoms. The van der Waals surface area contributed by atoms with Gasteiger partial charge in [-0.1, -0.05) is 42.0 Å². The van der Waals surface area contributed by atoms with Crippen LogP contribution in [0.15, 0.2) is 60.9 Å². The SMILES string of the molecule is Clc1ccc2c(C3CC=CCN3CC3CCc4c3ccc3cc[nH]c43)c[nH]c2c1. The molecule has 0 radical (unpaired) electrons. The summed E-state index contributed by atoms with van der Waals surface area (Å²) in [7, 11) is 0. The third kappa shape index (κ3) is 2.84. The molecule has 0 saturated carbocycles. The summed E-state index contributed by atoms with van der Waals surface area (Å²) < 4.78 is 0. The van der Waals surface area contributed by atoms with Crippen molar-refractivity contribution in [3.8, 4) is 0 Å². The van der Waals surface area contributed by atoms with Gasteiger partial charge in [0.25, 0.3) is 0 Å². The number of benzene rings is 2. The van der Waals surface area contributed by atoms with Gasteiger partial charge in [0.1, 0.15) is 0 Å². The highest BCUT2D eigenvalue weighted by molar-refractivity contribution is 6.31. The number of aromatic nitrogens is 2. The predicted octanol–water partition coefficient (Wildman–Crippen LogP) is 6.34. The monoisotopic (exact) mass is 401 g/mol. The number of H-pyrrole nitrogens is 2. The highest BCUT2D eigenvalue weighted by Crippen LogP contribution is 2.40. The van der Waals surface area contributed by atoms with E-state index < -0.39 is 0 Å². The molecule has 2 aromatic heterocycles. The maximum atomic E-state index is 6.19. The number of hydrogen-bond donors (Lipinski definition) is 2. The molecule has 6 rings (SSSR count). The lowest BCUT2D eigenvalue weighted by Gasteiger charge is -2.35. The van der Waals surface area contributed by atoms with Crippen LogP contribution in [-0.4, -0.2) is 28.0 Å². The first-order chi connectivity index (χ1) is 14.3. The Kier molecular flexibility index (Phi) is 4.07. The van der Waals surface area contributed by atoms with E-state index in [0.717, 1.165) is 30.0 Å². The van der Waals surface area contributed by atoms with Crippen LogP contribution in [0, 0.1) is 0 Å². The lowest BCUT2D eigenvalue weighted by molar-refractivity contribution is 0.198. The van der Waals surface area contributed by atoms with Crippen LogP contribution < -0.4 is 0 Å². The van der Waals surface area contributed by atoms with Gasteiger partial charge in [-0.3, -0.25) is 4.90 Å². The lowest BCUT2D eigenvalue weighted by atomic mass is 9.94. The van der Waals surface area contributed by atoms with Crippen molar-refractivity contribution in [2.75, 3.05) is 13.1 Å². The number of halogens is 1. The van der Waals surface area contributed by atoms with Crippen molar-refractivity contribution in [2.45, 2.75) is 31.2 Å². The second-order valence-corrected chi connectivity index (χ2v) is 8.86. The van der Waals surface area contributed by atoms with Crippen molar-refractivity contribution in [3.05, 3.63) is 82.7 Å². The number of fused-ring (bicyclic) bond motifs is 4. The molecule has 0 spiro atoms. The average molecular weight is 402 g/mol. The number of rotatable bonds is 3. The average Bonchev–Trinajstić information content (AvgIpc) is 3.46. The van der Waals surface area contributed by atoms with Gasteiger partial charge in [-0.15, -0.1) is 0 Å². The van der Waals surface area contributed by atoms with Crippen LogP contribution in [0.25, 0.3) is 21.8 Å². The topological polar surface area (TPSA) is 34.8 Å². The van der Waals surface area contributed by atoms with E-state index in [-0.39, 0.29) is 0 Å². The fourth-order valence-corrected chi connectivity index (χ4v) is 5.61. The zero-order valence-corrected chi connectivity index (χ0v) is 17.0. The standard InChI is InChI=1S/C25H24ClN3/c26-18-6-9-20-22(14-28-23(20)13-18)24-3-1-2-12-29(24)15-17-5-8-21-19(17)7-4-16-10-11-27-25(16)21/h1-2,4,6-7,9-11,13-14,17,24,27-28H,3,5,8,12,15H2. The molecule has 146 valence electrons. The highest BCUT2D eigenvalue weighted by Gasteiger charge is 2.30. The number of hydrogen-bond acceptors (Lipinski definition) is 1. The van der Waals surface area contributed by atoms with Crippen molar-refractivity contribution in [1.29, 1.82) is 0 Å². The van der Waals surface area contributed by atoms with Gasteiger partial charge in [0.05, 0.1) is 0 Å². The molecule has 1 aliphatic carbocycles. The molecular formula is C25H24ClN3. The largest absolute Gasteiger partial charge is 0.361 e. The first-order valence-electron chi connectivity index (χ1n) is 10.5. The third-order valence-electron chi connectivity index (χ3n) is 6.85. The summed E-state index contributed by atoms with van der Waals surface area (Å²) in [5, 5.41) is 3.41. The molecule has 1 aliphatic heterocycles. The summed E-state index contributed by atoms with van der Waals surface area (Å²) in [6, 6.07) is 13.4. The molecule has 2 atom stereocenters. The molecule has 0 amide bonds. The van der Waals surface area contributed by atoms with Crippen molar-refractivity contribution in [1.82, 2.24) is 14.9 Å². The van der Waals surface area contributed by atoms with Crippen molar-refractivity contribution in [3.63, 3.8) is 0 Å². The molecule has 0 saturated heterocycles. The van der Waals surface area contributed by atoms with Gasteiger partial charge in [-0.25, -0.2) is 0 Å². The van der Waals surface area contributed by atoms with Crippen molar-refractivity contribution < 1.29 is 0 Å². The van der Waals surface area contributed by atoms with Gasteiger partial charge in [0.15, 0.2) is 0 Å². The lowest BCUT2D eigenvalue weighted by Crippen LogP contribution is -2.34. The van der Waals surface area contributed by atoms with Crippen molar-refractivity contribution >= 4 is 33.4 Å². The van der Waals surface area contributed by atoms with Crippen LogP contribution in [0.3, 0.4) is 0 Å². The molecule has 2 N–H and O–H groups in total. The van der Waals surface area contributed by atoms with Crippen LogP contribution in [0.1, 0.15) is 41.5 Å². The first-order valence-corrected chi connectivity index (χ1v) is 10.9. The van der Waals surface area contributed by atoms with Gasteiger partial charge in [0.2, 0.25) is 0 Å². The Hall–Kier alpha value is -2.49. The van der Waals surface area contributed by atoms with Crippen LogP contribution >= 0.6 is 11.6 Å². The minimum Gasteiger partial charge on any atom is -0.361 e. The molecule has 3 nitrogen and oxygen atoms in total. The van der Waals surface area contributed by atoms with E-state index in [0.29, 0.717) is 12.0 Å². The van der Waals surface area contributed by atoms with Gasteiger partial charge in [-0.2, -0.15) is 0 Å². The van der Waals surface area contributed by atoms with Gasteiger partial charge in [-0.05, 0) is 65.5 Å². The first kappa shape index (κ1) is 17.4. The van der Waals surface area contributed by atoms with E-state index in [1.54, 1.807) is 5.56 Å². The Balaban J connectivity index is 1.33. The van der Waals surface area contributed by atoms with Crippen LogP contribution in [-0.2, 0) is 6.42 Å². The summed E-state index contributed by atoms with van der Waals surface area (Å²) in [6.07, 6.45) is 12.4. The molecule has 4 aromatic rings. The summed E-state index contributed by atoms with van der Waals surface area (Å²) >= 11 is 6.19. The van der Waals surface area contributed by atoms with Crippen LogP contribution in [0.2, 0.25) is 5.02 Å². The Morgan fingerprint density at radius 3 is 2.97 bits per heavy atom. The zero-order valence-electron chi connectivity index (χ0n) is 16.3. The van der Waals surface area contributed by atoms with E-state index >= 15 is 0 Å². The minimum atomic E-state index is 0.410. The molecule has 2 unspecified atom stereocenters. The fraction of sp³-hybridized carbons (Fsp3) is 0.280. The highest BCUT2D eigenvalue weighted by atomic mass is 35.5. The summed E-state index contributed by atoms with van der Waals surface area (Å²) in [6.45, 7) is 2.12. The molecule has 0 fully saturated rings. The molecular weight excluding hydrogens is 378 g/mol. The number of aryl methyl sites for hydroxylation is 1. The van der Waals surface area contributed by atoms with Gasteiger partial charge < -0.3 is 9.97 Å². The summed E-state index contributed by atoms with van der Waals surface area (Å²) in [4.78, 5) is 9.56. The maximum absolute atomic E-state index is 6.19. The summed E-state index contributed by atoms with van der Waals surface area (Å²) in [5.41, 5.74) is 6.93. The Morgan fingerprint density at radius 2 is 2.00 bits per heavy atom. The van der Waals surface area contributed by atoms with E-state index in [1.165, 1.54) is 40.3 Å². The van der Waals surface area contributed by atoms with E-state index in [2.05, 4.69) is 63.7 Å². The van der Waals surface area contributed by atoms with Crippen molar-refractivity contribution in [2.24, 2.45) is 0 Å². The van der Waals surface area contributed by atoms with E-state index in [4.69, 9.17) is 11.6 Å². The minimum absolute atomic E-state index is 0.410. The number of nitrogens with zero attached hydrogens (tertiary/aromatic N) is 1. The molecule has 3 heterocycles. The third-order valence-corrected chi connectivity index (χ3v) is 7.09. The summed E-state index contributed by atoms with van der Waals surface area (Å²) in [5.74, 6) is 0.603. The van der Waals surface area contributed by atoms with E-state index in [1.807, 2.05) is 12.1 Å². The normalized spacial score (nSPS) is 22.0. The number of aromatic amines is 2. The Labute approximate surface area is 175 Å². The second kappa shape index (κ2) is 6.79. The number of nitrogens with one attached hydrogen (secondary N) is 2. The van der Waals surface area contributed by atoms with Crippen LogP contribution in [0.5, 0.6) is 0 Å². The van der Waals surface area contributed by atoms with E-state index in [9.17, 15) is 0 Å². The maximum Gasteiger partial charge on any atom is 0.0489 e. The Bertz CT molecular complexity index is 1230. The quantitative estimate of drug-likeness (QED) is 0.386. The van der Waals surface area contributed by atoms with Crippen LogP contribution in [0.4, 0.5) is 0 Å². The second-order valence-electron chi connectivity index (χ2n) is 8.42. The smallest absolute Gasteiger partial charge is 0.0489 e. The zero-order chi connectivity index (χ0) is 19.4. The molecule has 0 bridgehead atoms. The molecule has 2 aromatic carbocycles. The molecule has 29 heavy (non-hydrogen) atoms. The molecule has 2 aliphatic rings. The van der Waals surface area contributed by atoms with Gasteiger partial charge in [0, 0.05) is 53.0 Å². The predicted molar refractivity (Wildman–Crippen MR) is 121 cm³/mol.